The molecule has 0 fully saturated rings. The standard InChI is InChI=1S/C22H25N5O/c1-16-20(17(2)27(3)26-16)14-15-23-22(24-19-12-8-5-9-13-19)25-21(28)18-10-6-4-7-11-18/h4-13H,14-15H2,1-3H3,(H2,23,24,25,28). The highest BCUT2D eigenvalue weighted by Gasteiger charge is 2.11. The normalized spacial score (nSPS) is 11.3. The summed E-state index contributed by atoms with van der Waals surface area (Å²) in [5.74, 6) is 0.232. The smallest absolute Gasteiger partial charge is 0.257 e. The quantitative estimate of drug-likeness (QED) is 0.530. The summed E-state index contributed by atoms with van der Waals surface area (Å²) >= 11 is 0. The molecular weight excluding hydrogens is 350 g/mol. The number of para-hydroxylation sites is 1. The molecule has 0 unspecified atom stereocenters. The molecule has 28 heavy (non-hydrogen) atoms. The van der Waals surface area contributed by atoms with Crippen LogP contribution < -0.4 is 10.6 Å². The van der Waals surface area contributed by atoms with Crippen molar-refractivity contribution in [3.05, 3.63) is 83.2 Å². The Hall–Kier alpha value is -3.41. The minimum absolute atomic E-state index is 0.198. The van der Waals surface area contributed by atoms with Gasteiger partial charge in [0, 0.05) is 30.5 Å². The van der Waals surface area contributed by atoms with Crippen LogP contribution in [0.5, 0.6) is 0 Å². The highest BCUT2D eigenvalue weighted by atomic mass is 16.1. The van der Waals surface area contributed by atoms with E-state index in [1.807, 2.05) is 67.2 Å². The molecule has 0 saturated carbocycles. The van der Waals surface area contributed by atoms with Gasteiger partial charge in [0.25, 0.3) is 5.91 Å². The van der Waals surface area contributed by atoms with E-state index in [1.165, 1.54) is 5.56 Å². The highest BCUT2D eigenvalue weighted by Crippen LogP contribution is 2.12. The fraction of sp³-hybridized carbons (Fsp3) is 0.227. The van der Waals surface area contributed by atoms with E-state index in [0.29, 0.717) is 18.1 Å². The van der Waals surface area contributed by atoms with E-state index in [4.69, 9.17) is 0 Å². The van der Waals surface area contributed by atoms with E-state index in [0.717, 1.165) is 23.5 Å². The third kappa shape index (κ3) is 4.85. The van der Waals surface area contributed by atoms with Gasteiger partial charge in [0.05, 0.1) is 5.69 Å². The van der Waals surface area contributed by atoms with Crippen molar-refractivity contribution in [1.29, 1.82) is 0 Å². The molecule has 0 aliphatic rings. The molecule has 2 aromatic carbocycles. The minimum Gasteiger partial charge on any atom is -0.326 e. The predicted molar refractivity (Wildman–Crippen MR) is 113 cm³/mol. The molecule has 0 saturated heterocycles. The predicted octanol–water partition coefficient (Wildman–Crippen LogP) is 3.48. The average molecular weight is 375 g/mol. The number of aromatic nitrogens is 2. The van der Waals surface area contributed by atoms with Gasteiger partial charge in [-0.15, -0.1) is 0 Å². The van der Waals surface area contributed by atoms with Gasteiger partial charge in [-0.3, -0.25) is 19.8 Å². The fourth-order valence-corrected chi connectivity index (χ4v) is 3.00. The van der Waals surface area contributed by atoms with Crippen LogP contribution in [-0.2, 0) is 13.5 Å². The van der Waals surface area contributed by atoms with Gasteiger partial charge < -0.3 is 5.32 Å². The topological polar surface area (TPSA) is 71.3 Å². The zero-order valence-corrected chi connectivity index (χ0v) is 16.4. The number of anilines is 1. The van der Waals surface area contributed by atoms with E-state index in [2.05, 4.69) is 27.6 Å². The number of aryl methyl sites for hydroxylation is 2. The number of guanidine groups is 1. The van der Waals surface area contributed by atoms with Gasteiger partial charge in [-0.1, -0.05) is 36.4 Å². The van der Waals surface area contributed by atoms with Gasteiger partial charge >= 0.3 is 0 Å². The van der Waals surface area contributed by atoms with E-state index in [-0.39, 0.29) is 5.91 Å². The van der Waals surface area contributed by atoms with Crippen molar-refractivity contribution in [2.45, 2.75) is 20.3 Å². The monoisotopic (exact) mass is 375 g/mol. The molecule has 1 heterocycles. The molecule has 0 aliphatic carbocycles. The zero-order valence-electron chi connectivity index (χ0n) is 16.4. The third-order valence-electron chi connectivity index (χ3n) is 4.60. The van der Waals surface area contributed by atoms with Crippen molar-refractivity contribution in [2.75, 3.05) is 11.9 Å². The van der Waals surface area contributed by atoms with Crippen molar-refractivity contribution in [3.8, 4) is 0 Å². The lowest BCUT2D eigenvalue weighted by Gasteiger charge is -2.12. The van der Waals surface area contributed by atoms with Crippen molar-refractivity contribution in [3.63, 3.8) is 0 Å². The van der Waals surface area contributed by atoms with Gasteiger partial charge in [0.15, 0.2) is 0 Å². The summed E-state index contributed by atoms with van der Waals surface area (Å²) in [6.07, 6.45) is 0.757. The van der Waals surface area contributed by atoms with E-state index < -0.39 is 0 Å². The first-order valence-electron chi connectivity index (χ1n) is 9.26. The van der Waals surface area contributed by atoms with Crippen molar-refractivity contribution < 1.29 is 4.79 Å². The Labute approximate surface area is 165 Å². The second-order valence-electron chi connectivity index (χ2n) is 6.56. The van der Waals surface area contributed by atoms with Crippen LogP contribution in [0.1, 0.15) is 27.3 Å². The Balaban J connectivity index is 1.75. The van der Waals surface area contributed by atoms with Crippen LogP contribution in [-0.4, -0.2) is 28.2 Å². The second kappa shape index (κ2) is 8.99. The molecule has 3 aromatic rings. The van der Waals surface area contributed by atoms with Gasteiger partial charge in [0.2, 0.25) is 5.96 Å². The Kier molecular flexibility index (Phi) is 6.22. The molecule has 1 aromatic heterocycles. The molecule has 0 bridgehead atoms. The molecule has 6 nitrogen and oxygen atoms in total. The lowest BCUT2D eigenvalue weighted by atomic mass is 10.1. The number of nitrogens with one attached hydrogen (secondary N) is 2. The van der Waals surface area contributed by atoms with Crippen LogP contribution in [0.4, 0.5) is 5.69 Å². The van der Waals surface area contributed by atoms with Crippen molar-refractivity contribution in [1.82, 2.24) is 15.1 Å². The Bertz CT molecular complexity index is 961. The van der Waals surface area contributed by atoms with Crippen LogP contribution >= 0.6 is 0 Å². The first-order valence-corrected chi connectivity index (χ1v) is 9.26. The first-order chi connectivity index (χ1) is 13.5. The Morgan fingerprint density at radius 1 is 1.04 bits per heavy atom. The maximum atomic E-state index is 12.5. The van der Waals surface area contributed by atoms with Crippen LogP contribution in [0, 0.1) is 13.8 Å². The summed E-state index contributed by atoms with van der Waals surface area (Å²) in [6.45, 7) is 4.60. The summed E-state index contributed by atoms with van der Waals surface area (Å²) in [5, 5.41) is 10.5. The second-order valence-corrected chi connectivity index (χ2v) is 6.56. The number of carbonyl (C=O) groups excluding carboxylic acids is 1. The molecule has 0 atom stereocenters. The molecular formula is C22H25N5O. The Morgan fingerprint density at radius 3 is 2.29 bits per heavy atom. The molecule has 144 valence electrons. The van der Waals surface area contributed by atoms with Crippen LogP contribution in [0.3, 0.4) is 0 Å². The Morgan fingerprint density at radius 2 is 1.68 bits per heavy atom. The van der Waals surface area contributed by atoms with E-state index >= 15 is 0 Å². The SMILES string of the molecule is Cc1nn(C)c(C)c1CCN=C(NC(=O)c1ccccc1)Nc1ccccc1. The van der Waals surface area contributed by atoms with Gasteiger partial charge in [-0.25, -0.2) is 0 Å². The number of rotatable bonds is 5. The fourth-order valence-electron chi connectivity index (χ4n) is 3.00. The first kappa shape index (κ1) is 19.4. The zero-order chi connectivity index (χ0) is 19.9. The maximum Gasteiger partial charge on any atom is 0.257 e. The number of benzene rings is 2. The van der Waals surface area contributed by atoms with Gasteiger partial charge in [0.1, 0.15) is 0 Å². The average Bonchev–Trinajstić information content (AvgIpc) is 2.95. The van der Waals surface area contributed by atoms with Crippen LogP contribution in [0.25, 0.3) is 0 Å². The molecule has 6 heteroatoms. The van der Waals surface area contributed by atoms with Crippen LogP contribution in [0.2, 0.25) is 0 Å². The number of nitrogens with zero attached hydrogens (tertiary/aromatic N) is 3. The molecule has 0 radical (unpaired) electrons. The summed E-state index contributed by atoms with van der Waals surface area (Å²) in [6, 6.07) is 18.8. The molecule has 2 N–H and O–H groups in total. The summed E-state index contributed by atoms with van der Waals surface area (Å²) in [5.41, 5.74) is 4.80. The van der Waals surface area contributed by atoms with Gasteiger partial charge in [-0.2, -0.15) is 5.10 Å². The number of hydrogen-bond donors (Lipinski definition) is 2. The maximum absolute atomic E-state index is 12.5. The lowest BCUT2D eigenvalue weighted by molar-refractivity contribution is 0.0977. The van der Waals surface area contributed by atoms with E-state index in [1.54, 1.807) is 12.1 Å². The lowest BCUT2D eigenvalue weighted by Crippen LogP contribution is -2.36. The molecule has 3 rings (SSSR count). The molecule has 1 amide bonds. The third-order valence-corrected chi connectivity index (χ3v) is 4.60. The number of amides is 1. The van der Waals surface area contributed by atoms with Crippen molar-refractivity contribution >= 4 is 17.6 Å². The number of aliphatic imine (C=N–C) groups is 1. The number of hydrogen-bond acceptors (Lipinski definition) is 3. The van der Waals surface area contributed by atoms with E-state index in [9.17, 15) is 4.79 Å². The summed E-state index contributed by atoms with van der Waals surface area (Å²) < 4.78 is 1.88. The van der Waals surface area contributed by atoms with Gasteiger partial charge in [-0.05, 0) is 50.1 Å². The largest absolute Gasteiger partial charge is 0.326 e. The van der Waals surface area contributed by atoms with Crippen LogP contribution in [0.15, 0.2) is 65.7 Å². The van der Waals surface area contributed by atoms with Crippen molar-refractivity contribution in [2.24, 2.45) is 12.0 Å². The molecule has 0 spiro atoms. The molecule has 0 aliphatic heterocycles. The minimum atomic E-state index is -0.198. The summed E-state index contributed by atoms with van der Waals surface area (Å²) in [7, 11) is 1.94. The highest BCUT2D eigenvalue weighted by molar-refractivity contribution is 6.09. The summed E-state index contributed by atoms with van der Waals surface area (Å²) in [4.78, 5) is 17.2. The number of carbonyl (C=O) groups is 1.